The average molecular weight is 232 g/mol. The van der Waals surface area contributed by atoms with Crippen molar-refractivity contribution < 1.29 is 9.18 Å². The lowest BCUT2D eigenvalue weighted by molar-refractivity contribution is -0.105. The number of benzene rings is 1. The highest BCUT2D eigenvalue weighted by molar-refractivity contribution is 5.70. The molecule has 2 aromatic rings. The molecule has 0 aliphatic carbocycles. The number of rotatable bonds is 3. The zero-order chi connectivity index (χ0) is 12.3. The second-order valence-electron chi connectivity index (χ2n) is 3.34. The first-order valence-corrected chi connectivity index (χ1v) is 4.90. The summed E-state index contributed by atoms with van der Waals surface area (Å²) in [6, 6.07) is 8.62. The summed E-state index contributed by atoms with van der Waals surface area (Å²) in [6.07, 6.45) is 1.98. The molecule has 0 unspecified atom stereocenters. The molecule has 0 saturated carbocycles. The summed E-state index contributed by atoms with van der Waals surface area (Å²) in [5, 5.41) is 2.31. The Bertz CT molecular complexity index is 590. The first-order valence-electron chi connectivity index (χ1n) is 4.90. The van der Waals surface area contributed by atoms with Crippen LogP contribution in [0.15, 0.2) is 47.4 Å². The van der Waals surface area contributed by atoms with Gasteiger partial charge in [-0.15, -0.1) is 0 Å². The smallest absolute Gasteiger partial charge is 0.278 e. The monoisotopic (exact) mass is 232 g/mol. The number of aromatic nitrogens is 1. The van der Waals surface area contributed by atoms with E-state index in [0.29, 0.717) is 12.1 Å². The van der Waals surface area contributed by atoms with E-state index >= 15 is 0 Å². The highest BCUT2D eigenvalue weighted by Gasteiger charge is 2.03. The largest absolute Gasteiger partial charge is 0.324 e. The molecule has 2 rings (SSSR count). The van der Waals surface area contributed by atoms with Crippen molar-refractivity contribution in [2.24, 2.45) is 0 Å². The Balaban J connectivity index is 2.52. The molecule has 5 heteroatoms. The molecule has 0 aliphatic rings. The highest BCUT2D eigenvalue weighted by Crippen LogP contribution is 2.08. The number of hydrogen-bond acceptors (Lipinski definition) is 2. The van der Waals surface area contributed by atoms with Crippen LogP contribution in [-0.4, -0.2) is 11.0 Å². The Labute approximate surface area is 96.3 Å². The van der Waals surface area contributed by atoms with E-state index in [1.54, 1.807) is 12.3 Å². The number of carbonyl (C=O) groups is 1. The molecule has 0 bridgehead atoms. The average Bonchev–Trinajstić information content (AvgIpc) is 2.34. The molecule has 4 nitrogen and oxygen atoms in total. The van der Waals surface area contributed by atoms with Gasteiger partial charge in [0.2, 0.25) is 6.41 Å². The van der Waals surface area contributed by atoms with E-state index in [0.717, 1.165) is 0 Å². The molecule has 0 radical (unpaired) electrons. The van der Waals surface area contributed by atoms with E-state index in [1.165, 1.54) is 34.9 Å². The molecule has 1 amide bonds. The minimum Gasteiger partial charge on any atom is -0.324 e. The molecular weight excluding hydrogens is 223 g/mol. The van der Waals surface area contributed by atoms with Gasteiger partial charge in [-0.05, 0) is 36.4 Å². The number of amides is 1. The van der Waals surface area contributed by atoms with Crippen LogP contribution in [0.2, 0.25) is 0 Å². The lowest BCUT2D eigenvalue weighted by Crippen LogP contribution is -2.20. The molecule has 0 saturated heterocycles. The maximum Gasteiger partial charge on any atom is 0.278 e. The van der Waals surface area contributed by atoms with Crippen molar-refractivity contribution in [3.05, 3.63) is 58.8 Å². The van der Waals surface area contributed by atoms with Gasteiger partial charge in [0.05, 0.1) is 0 Å². The fourth-order valence-electron chi connectivity index (χ4n) is 1.47. The van der Waals surface area contributed by atoms with Crippen LogP contribution >= 0.6 is 0 Å². The van der Waals surface area contributed by atoms with Crippen molar-refractivity contribution in [3.8, 4) is 5.69 Å². The summed E-state index contributed by atoms with van der Waals surface area (Å²) < 4.78 is 14.1. The van der Waals surface area contributed by atoms with Gasteiger partial charge in [0.25, 0.3) is 5.56 Å². The van der Waals surface area contributed by atoms with Crippen molar-refractivity contribution in [3.63, 3.8) is 0 Å². The van der Waals surface area contributed by atoms with Gasteiger partial charge in [0.15, 0.2) is 0 Å². The summed E-state index contributed by atoms with van der Waals surface area (Å²) >= 11 is 0. The molecule has 86 valence electrons. The Kier molecular flexibility index (Phi) is 3.00. The Morgan fingerprint density at radius 1 is 1.18 bits per heavy atom. The zero-order valence-corrected chi connectivity index (χ0v) is 8.76. The van der Waals surface area contributed by atoms with Crippen LogP contribution in [0.4, 0.5) is 10.1 Å². The number of halogens is 1. The predicted molar refractivity (Wildman–Crippen MR) is 61.7 cm³/mol. The zero-order valence-electron chi connectivity index (χ0n) is 8.76. The van der Waals surface area contributed by atoms with Gasteiger partial charge < -0.3 is 5.32 Å². The number of carbonyl (C=O) groups excluding carboxylic acids is 1. The summed E-state index contributed by atoms with van der Waals surface area (Å²) in [7, 11) is 0. The van der Waals surface area contributed by atoms with Gasteiger partial charge in [0.1, 0.15) is 11.5 Å². The van der Waals surface area contributed by atoms with Crippen LogP contribution in [0, 0.1) is 5.82 Å². The predicted octanol–water partition coefficient (Wildman–Crippen LogP) is 1.54. The molecule has 1 heterocycles. The van der Waals surface area contributed by atoms with E-state index < -0.39 is 0 Å². The van der Waals surface area contributed by atoms with Gasteiger partial charge in [-0.3, -0.25) is 14.2 Å². The SMILES string of the molecule is O=CNc1cccn(-c2ccc(F)cc2)c1=O. The lowest BCUT2D eigenvalue weighted by Gasteiger charge is -2.07. The van der Waals surface area contributed by atoms with Crippen molar-refractivity contribution in [1.29, 1.82) is 0 Å². The van der Waals surface area contributed by atoms with Crippen molar-refractivity contribution in [2.75, 3.05) is 5.32 Å². The summed E-state index contributed by atoms with van der Waals surface area (Å²) in [6.45, 7) is 0. The molecule has 1 N–H and O–H groups in total. The summed E-state index contributed by atoms with van der Waals surface area (Å²) in [5.41, 5.74) is 0.337. The van der Waals surface area contributed by atoms with Crippen molar-refractivity contribution >= 4 is 12.1 Å². The second kappa shape index (κ2) is 4.61. The molecule has 1 aromatic heterocycles. The van der Waals surface area contributed by atoms with Gasteiger partial charge in [-0.1, -0.05) is 0 Å². The van der Waals surface area contributed by atoms with Gasteiger partial charge in [-0.2, -0.15) is 0 Å². The standard InChI is InChI=1S/C12H9FN2O2/c13-9-3-5-10(6-4-9)15-7-1-2-11(12(15)17)14-8-16/h1-8H,(H,14,16). The Morgan fingerprint density at radius 3 is 2.53 bits per heavy atom. The van der Waals surface area contributed by atoms with Crippen molar-refractivity contribution in [1.82, 2.24) is 4.57 Å². The third-order valence-corrected chi connectivity index (χ3v) is 2.27. The highest BCUT2D eigenvalue weighted by atomic mass is 19.1. The van der Waals surface area contributed by atoms with Gasteiger partial charge >= 0.3 is 0 Å². The van der Waals surface area contributed by atoms with Crippen LogP contribution in [0.1, 0.15) is 0 Å². The molecule has 0 spiro atoms. The molecular formula is C12H9FN2O2. The maximum absolute atomic E-state index is 12.8. The van der Waals surface area contributed by atoms with Crippen LogP contribution in [0.3, 0.4) is 0 Å². The van der Waals surface area contributed by atoms with Gasteiger partial charge in [-0.25, -0.2) is 4.39 Å². The molecule has 0 fully saturated rings. The van der Waals surface area contributed by atoms with Gasteiger partial charge in [0, 0.05) is 11.9 Å². The lowest BCUT2D eigenvalue weighted by atomic mass is 10.3. The molecule has 17 heavy (non-hydrogen) atoms. The first-order chi connectivity index (χ1) is 8.22. The van der Waals surface area contributed by atoms with E-state index in [9.17, 15) is 14.0 Å². The summed E-state index contributed by atoms with van der Waals surface area (Å²) in [4.78, 5) is 22.2. The molecule has 0 aliphatic heterocycles. The first kappa shape index (κ1) is 11.1. The number of nitrogens with zero attached hydrogens (tertiary/aromatic N) is 1. The van der Waals surface area contributed by atoms with Crippen molar-refractivity contribution in [2.45, 2.75) is 0 Å². The maximum atomic E-state index is 12.8. The normalized spacial score (nSPS) is 9.94. The fraction of sp³-hybridized carbons (Fsp3) is 0. The Morgan fingerprint density at radius 2 is 1.88 bits per heavy atom. The third-order valence-electron chi connectivity index (χ3n) is 2.27. The van der Waals surface area contributed by atoms with Crippen LogP contribution in [0.25, 0.3) is 5.69 Å². The van der Waals surface area contributed by atoms with Crippen LogP contribution in [-0.2, 0) is 4.79 Å². The number of anilines is 1. The summed E-state index contributed by atoms with van der Waals surface area (Å²) in [5.74, 6) is -0.371. The van der Waals surface area contributed by atoms with Crippen LogP contribution in [0.5, 0.6) is 0 Å². The fourth-order valence-corrected chi connectivity index (χ4v) is 1.47. The van der Waals surface area contributed by atoms with Crippen LogP contribution < -0.4 is 10.9 Å². The number of pyridine rings is 1. The quantitative estimate of drug-likeness (QED) is 0.816. The number of nitrogens with one attached hydrogen (secondary N) is 1. The van der Waals surface area contributed by atoms with E-state index in [-0.39, 0.29) is 17.1 Å². The minimum absolute atomic E-state index is 0.173. The van der Waals surface area contributed by atoms with E-state index in [2.05, 4.69) is 5.32 Å². The van der Waals surface area contributed by atoms with E-state index in [4.69, 9.17) is 0 Å². The van der Waals surface area contributed by atoms with E-state index in [1.807, 2.05) is 0 Å². The minimum atomic E-state index is -0.371. The second-order valence-corrected chi connectivity index (χ2v) is 3.34. The molecule has 1 aromatic carbocycles. The third kappa shape index (κ3) is 2.23. The molecule has 0 atom stereocenters. The number of hydrogen-bond donors (Lipinski definition) is 1. The Hall–Kier alpha value is -2.43. The topological polar surface area (TPSA) is 51.1 Å².